The standard InChI is InChI=1S/C16H15NO3/c1-19-16(18)15(17)13-9-5-6-10-14(13)20-11-12-7-3-2-4-8-12/h2-10,17H,11H2,1H3. The smallest absolute Gasteiger partial charge is 0.356 e. The van der Waals surface area contributed by atoms with Gasteiger partial charge in [-0.1, -0.05) is 42.5 Å². The van der Waals surface area contributed by atoms with Crippen LogP contribution in [0.1, 0.15) is 11.1 Å². The van der Waals surface area contributed by atoms with E-state index >= 15 is 0 Å². The van der Waals surface area contributed by atoms with Crippen molar-refractivity contribution in [1.29, 1.82) is 5.41 Å². The van der Waals surface area contributed by atoms with Crippen molar-refractivity contribution >= 4 is 11.7 Å². The lowest BCUT2D eigenvalue weighted by Crippen LogP contribution is -2.16. The summed E-state index contributed by atoms with van der Waals surface area (Å²) in [6.45, 7) is 0.381. The normalized spacial score (nSPS) is 9.85. The van der Waals surface area contributed by atoms with Crippen LogP contribution in [0.15, 0.2) is 54.6 Å². The fraction of sp³-hybridized carbons (Fsp3) is 0.125. The van der Waals surface area contributed by atoms with E-state index in [0.29, 0.717) is 17.9 Å². The highest BCUT2D eigenvalue weighted by molar-refractivity contribution is 6.42. The molecule has 4 heteroatoms. The second-order valence-electron chi connectivity index (χ2n) is 4.14. The van der Waals surface area contributed by atoms with Gasteiger partial charge in [0.25, 0.3) is 0 Å². The molecule has 0 spiro atoms. The van der Waals surface area contributed by atoms with Gasteiger partial charge >= 0.3 is 5.97 Å². The van der Waals surface area contributed by atoms with Gasteiger partial charge in [-0.15, -0.1) is 0 Å². The topological polar surface area (TPSA) is 59.4 Å². The predicted molar refractivity (Wildman–Crippen MR) is 76.1 cm³/mol. The van der Waals surface area contributed by atoms with Crippen LogP contribution in [0.5, 0.6) is 5.75 Å². The molecule has 0 aromatic heterocycles. The monoisotopic (exact) mass is 269 g/mol. The number of hydrogen-bond acceptors (Lipinski definition) is 4. The number of methoxy groups -OCH3 is 1. The summed E-state index contributed by atoms with van der Waals surface area (Å²) >= 11 is 0. The second-order valence-corrected chi connectivity index (χ2v) is 4.14. The number of para-hydroxylation sites is 1. The lowest BCUT2D eigenvalue weighted by Gasteiger charge is -2.11. The Morgan fingerprint density at radius 2 is 1.70 bits per heavy atom. The van der Waals surface area contributed by atoms with E-state index in [1.165, 1.54) is 7.11 Å². The average Bonchev–Trinajstić information content (AvgIpc) is 2.52. The molecule has 0 unspecified atom stereocenters. The Morgan fingerprint density at radius 3 is 2.40 bits per heavy atom. The van der Waals surface area contributed by atoms with Crippen LogP contribution >= 0.6 is 0 Å². The zero-order chi connectivity index (χ0) is 14.4. The molecule has 0 fully saturated rings. The molecule has 2 aromatic rings. The van der Waals surface area contributed by atoms with Crippen molar-refractivity contribution in [3.8, 4) is 5.75 Å². The zero-order valence-electron chi connectivity index (χ0n) is 11.1. The number of carbonyl (C=O) groups excluding carboxylic acids is 1. The molecule has 0 aliphatic carbocycles. The fourth-order valence-corrected chi connectivity index (χ4v) is 1.75. The number of nitrogens with one attached hydrogen (secondary N) is 1. The second kappa shape index (κ2) is 6.52. The highest BCUT2D eigenvalue weighted by atomic mass is 16.5. The van der Waals surface area contributed by atoms with Crippen LogP contribution in [-0.4, -0.2) is 18.8 Å². The van der Waals surface area contributed by atoms with Crippen LogP contribution in [0.4, 0.5) is 0 Å². The van der Waals surface area contributed by atoms with E-state index in [4.69, 9.17) is 10.1 Å². The number of carbonyl (C=O) groups is 1. The van der Waals surface area contributed by atoms with E-state index < -0.39 is 5.97 Å². The molecule has 0 saturated heterocycles. The Labute approximate surface area is 117 Å². The summed E-state index contributed by atoms with van der Waals surface area (Å²) < 4.78 is 10.3. The fourth-order valence-electron chi connectivity index (χ4n) is 1.75. The Morgan fingerprint density at radius 1 is 1.05 bits per heavy atom. The minimum Gasteiger partial charge on any atom is -0.488 e. The molecule has 0 aliphatic rings. The molecule has 0 radical (unpaired) electrons. The van der Waals surface area contributed by atoms with Gasteiger partial charge in [-0.05, 0) is 17.7 Å². The molecular weight excluding hydrogens is 254 g/mol. The van der Waals surface area contributed by atoms with Crippen LogP contribution in [0.25, 0.3) is 0 Å². The van der Waals surface area contributed by atoms with Crippen LogP contribution in [0.3, 0.4) is 0 Å². The molecule has 0 amide bonds. The number of rotatable bonds is 5. The first kappa shape index (κ1) is 13.8. The molecule has 1 N–H and O–H groups in total. The van der Waals surface area contributed by atoms with Crippen molar-refractivity contribution in [2.75, 3.05) is 7.11 Å². The van der Waals surface area contributed by atoms with Crippen molar-refractivity contribution in [2.45, 2.75) is 6.61 Å². The van der Waals surface area contributed by atoms with Gasteiger partial charge in [0, 0.05) is 5.56 Å². The van der Waals surface area contributed by atoms with E-state index in [-0.39, 0.29) is 5.71 Å². The third kappa shape index (κ3) is 3.23. The van der Waals surface area contributed by atoms with Gasteiger partial charge in [0.1, 0.15) is 12.4 Å². The molecule has 102 valence electrons. The zero-order valence-corrected chi connectivity index (χ0v) is 11.1. The average molecular weight is 269 g/mol. The van der Waals surface area contributed by atoms with Gasteiger partial charge in [-0.25, -0.2) is 4.79 Å². The Kier molecular flexibility index (Phi) is 4.50. The molecule has 0 aliphatic heterocycles. The van der Waals surface area contributed by atoms with Gasteiger partial charge in [0.05, 0.1) is 7.11 Å². The van der Waals surface area contributed by atoms with Crippen molar-refractivity contribution in [3.63, 3.8) is 0 Å². The first-order valence-corrected chi connectivity index (χ1v) is 6.15. The summed E-state index contributed by atoms with van der Waals surface area (Å²) in [6.07, 6.45) is 0. The van der Waals surface area contributed by atoms with Crippen molar-refractivity contribution in [3.05, 3.63) is 65.7 Å². The highest BCUT2D eigenvalue weighted by Gasteiger charge is 2.16. The Hall–Kier alpha value is -2.62. The van der Waals surface area contributed by atoms with Crippen LogP contribution in [-0.2, 0) is 16.1 Å². The molecule has 0 saturated carbocycles. The van der Waals surface area contributed by atoms with Gasteiger partial charge < -0.3 is 9.47 Å². The van der Waals surface area contributed by atoms with Crippen LogP contribution in [0, 0.1) is 5.41 Å². The summed E-state index contributed by atoms with van der Waals surface area (Å²) in [6, 6.07) is 16.7. The van der Waals surface area contributed by atoms with E-state index in [0.717, 1.165) is 5.56 Å². The molecule has 2 rings (SSSR count). The molecule has 0 atom stereocenters. The SMILES string of the molecule is COC(=O)C(=N)c1ccccc1OCc1ccccc1. The number of hydrogen-bond donors (Lipinski definition) is 1. The summed E-state index contributed by atoms with van der Waals surface area (Å²) in [4.78, 5) is 11.4. The molecule has 2 aromatic carbocycles. The van der Waals surface area contributed by atoms with Crippen molar-refractivity contribution in [1.82, 2.24) is 0 Å². The highest BCUT2D eigenvalue weighted by Crippen LogP contribution is 2.20. The maximum absolute atomic E-state index is 11.4. The van der Waals surface area contributed by atoms with Gasteiger partial charge in [0.2, 0.25) is 0 Å². The third-order valence-corrected chi connectivity index (χ3v) is 2.78. The minimum absolute atomic E-state index is 0.212. The van der Waals surface area contributed by atoms with E-state index in [1.54, 1.807) is 24.3 Å². The molecular formula is C16H15NO3. The molecule has 0 bridgehead atoms. The number of benzene rings is 2. The first-order valence-electron chi connectivity index (χ1n) is 6.15. The Bertz CT molecular complexity index is 608. The summed E-state index contributed by atoms with van der Waals surface area (Å²) in [5.74, 6) is -0.187. The van der Waals surface area contributed by atoms with Crippen molar-refractivity contribution < 1.29 is 14.3 Å². The maximum Gasteiger partial charge on any atom is 0.356 e. The first-order chi connectivity index (χ1) is 9.72. The Balaban J connectivity index is 2.16. The molecule has 4 nitrogen and oxygen atoms in total. The van der Waals surface area contributed by atoms with Gasteiger partial charge in [0.15, 0.2) is 5.71 Å². The number of ether oxygens (including phenoxy) is 2. The van der Waals surface area contributed by atoms with E-state index in [1.807, 2.05) is 30.3 Å². The summed E-state index contributed by atoms with van der Waals surface area (Å²) in [5.41, 5.74) is 1.23. The van der Waals surface area contributed by atoms with Crippen LogP contribution in [0.2, 0.25) is 0 Å². The van der Waals surface area contributed by atoms with E-state index in [2.05, 4.69) is 4.74 Å². The van der Waals surface area contributed by atoms with Gasteiger partial charge in [-0.2, -0.15) is 0 Å². The minimum atomic E-state index is -0.680. The summed E-state index contributed by atoms with van der Waals surface area (Å²) in [5, 5.41) is 7.81. The maximum atomic E-state index is 11.4. The lowest BCUT2D eigenvalue weighted by atomic mass is 10.1. The molecule has 20 heavy (non-hydrogen) atoms. The third-order valence-electron chi connectivity index (χ3n) is 2.78. The summed E-state index contributed by atoms with van der Waals surface area (Å²) in [7, 11) is 1.25. The number of esters is 1. The van der Waals surface area contributed by atoms with E-state index in [9.17, 15) is 4.79 Å². The lowest BCUT2D eigenvalue weighted by molar-refractivity contribution is -0.132. The van der Waals surface area contributed by atoms with Gasteiger partial charge in [-0.3, -0.25) is 5.41 Å². The predicted octanol–water partition coefficient (Wildman–Crippen LogP) is 2.81. The molecule has 0 heterocycles. The quantitative estimate of drug-likeness (QED) is 0.670. The van der Waals surface area contributed by atoms with Crippen molar-refractivity contribution in [2.24, 2.45) is 0 Å². The largest absolute Gasteiger partial charge is 0.488 e. The van der Waals surface area contributed by atoms with Crippen LogP contribution < -0.4 is 4.74 Å².